The van der Waals surface area contributed by atoms with Gasteiger partial charge in [0.2, 0.25) is 11.8 Å². The number of nitrogens with one attached hydrogen (secondary N) is 3. The Hall–Kier alpha value is -3.96. The number of ether oxygens (including phenoxy) is 1. The zero-order valence-electron chi connectivity index (χ0n) is 22.2. The summed E-state index contributed by atoms with van der Waals surface area (Å²) < 4.78 is 5.88. The van der Waals surface area contributed by atoms with Crippen molar-refractivity contribution in [1.82, 2.24) is 15.5 Å². The second-order valence-corrected chi connectivity index (χ2v) is 16.5. The molecule has 1 atom stereocenters. The molecule has 1 aromatic heterocycles. The molecular weight excluding hydrogens is 530 g/mol. The summed E-state index contributed by atoms with van der Waals surface area (Å²) in [6.07, 6.45) is 0.553. The number of amidine groups is 1. The summed E-state index contributed by atoms with van der Waals surface area (Å²) in [6.45, 7) is 6.27. The van der Waals surface area contributed by atoms with Gasteiger partial charge in [-0.05, 0) is 54.9 Å². The zero-order chi connectivity index (χ0) is 28.2. The number of aryl methyl sites for hydroxylation is 1. The van der Waals surface area contributed by atoms with Gasteiger partial charge in [-0.25, -0.2) is 0 Å². The van der Waals surface area contributed by atoms with Crippen molar-refractivity contribution in [1.29, 1.82) is 5.41 Å². The fourth-order valence-corrected chi connectivity index (χ4v) is 8.28. The van der Waals surface area contributed by atoms with E-state index in [-0.39, 0.29) is 30.1 Å². The molecule has 1 aliphatic rings. The van der Waals surface area contributed by atoms with Gasteiger partial charge in [-0.2, -0.15) is 0 Å². The molecule has 2 heterocycles. The summed E-state index contributed by atoms with van der Waals surface area (Å²) in [7, 11) is -1.80. The van der Waals surface area contributed by atoms with Gasteiger partial charge in [0, 0.05) is 27.6 Å². The lowest BCUT2D eigenvalue weighted by atomic mass is 10.1. The highest BCUT2D eigenvalue weighted by molar-refractivity contribution is 7.10. The van der Waals surface area contributed by atoms with Crippen LogP contribution in [-0.4, -0.2) is 55.3 Å². The zero-order valence-corrected chi connectivity index (χ0v) is 24.1. The third-order valence-corrected chi connectivity index (χ3v) is 10.2. The number of carbonyl (C=O) groups is 3. The molecule has 0 radical (unpaired) electrons. The van der Waals surface area contributed by atoms with Gasteiger partial charge in [0.25, 0.3) is 5.91 Å². The number of rotatable bonds is 9. The maximum atomic E-state index is 13.2. The number of nitrogen functional groups attached to an aromatic ring is 1. The molecule has 0 aliphatic carbocycles. The Morgan fingerprint density at radius 3 is 2.51 bits per heavy atom. The van der Waals surface area contributed by atoms with Crippen LogP contribution in [0, 0.1) is 12.3 Å². The number of hydrogen-bond donors (Lipinski definition) is 4. The summed E-state index contributed by atoms with van der Waals surface area (Å²) in [5.74, 6) is 0.473. The summed E-state index contributed by atoms with van der Waals surface area (Å²) >= 11 is 1.42. The molecule has 1 aliphatic heterocycles. The quantitative estimate of drug-likeness (QED) is 0.179. The van der Waals surface area contributed by atoms with Crippen molar-refractivity contribution in [2.45, 2.75) is 38.6 Å². The molecule has 5 N–H and O–H groups in total. The van der Waals surface area contributed by atoms with E-state index in [0.29, 0.717) is 41.4 Å². The smallest absolute Gasteiger partial charge is 0.251 e. The molecular formula is C28H33N5O4SSi. The number of thiophene rings is 1. The van der Waals surface area contributed by atoms with Crippen molar-refractivity contribution in [3.05, 3.63) is 81.5 Å². The minimum absolute atomic E-state index is 0.0159. The molecule has 0 saturated carbocycles. The first-order valence-electron chi connectivity index (χ1n) is 12.6. The maximum absolute atomic E-state index is 13.2. The van der Waals surface area contributed by atoms with Crippen LogP contribution in [0.1, 0.15) is 26.4 Å². The Morgan fingerprint density at radius 2 is 1.85 bits per heavy atom. The molecule has 11 heteroatoms. The van der Waals surface area contributed by atoms with Crippen LogP contribution in [0.3, 0.4) is 0 Å². The van der Waals surface area contributed by atoms with Gasteiger partial charge in [0.15, 0.2) is 0 Å². The number of amides is 3. The predicted molar refractivity (Wildman–Crippen MR) is 155 cm³/mol. The van der Waals surface area contributed by atoms with Gasteiger partial charge in [-0.1, -0.05) is 31.3 Å². The van der Waals surface area contributed by atoms with E-state index < -0.39 is 14.1 Å². The van der Waals surface area contributed by atoms with E-state index in [4.69, 9.17) is 15.9 Å². The van der Waals surface area contributed by atoms with Gasteiger partial charge in [0.05, 0.1) is 21.2 Å². The summed E-state index contributed by atoms with van der Waals surface area (Å²) in [5.41, 5.74) is 7.36. The van der Waals surface area contributed by atoms with Gasteiger partial charge in [-0.15, -0.1) is 11.3 Å². The molecule has 0 bridgehead atoms. The van der Waals surface area contributed by atoms with Gasteiger partial charge < -0.3 is 26.0 Å². The number of nitrogens with two attached hydrogens (primary N) is 1. The highest BCUT2D eigenvalue weighted by Gasteiger charge is 2.44. The van der Waals surface area contributed by atoms with Gasteiger partial charge in [-0.3, -0.25) is 19.8 Å². The summed E-state index contributed by atoms with van der Waals surface area (Å²) in [6, 6.07) is 16.4. The molecule has 1 unspecified atom stereocenters. The molecule has 39 heavy (non-hydrogen) atoms. The predicted octanol–water partition coefficient (Wildman–Crippen LogP) is 3.64. The number of nitrogens with zero attached hydrogens (tertiary/aromatic N) is 1. The first kappa shape index (κ1) is 28.1. The van der Waals surface area contributed by atoms with Crippen LogP contribution < -0.4 is 21.1 Å². The fraction of sp³-hybridized carbons (Fsp3) is 0.286. The van der Waals surface area contributed by atoms with Crippen molar-refractivity contribution in [2.24, 2.45) is 5.73 Å². The molecule has 204 valence electrons. The molecule has 1 saturated heterocycles. The Labute approximate surface area is 232 Å². The van der Waals surface area contributed by atoms with Crippen LogP contribution in [0.15, 0.2) is 60.0 Å². The second-order valence-electron chi connectivity index (χ2n) is 10.4. The van der Waals surface area contributed by atoms with E-state index >= 15 is 0 Å². The van der Waals surface area contributed by atoms with Crippen LogP contribution in [0.25, 0.3) is 0 Å². The molecule has 1 fully saturated rings. The van der Waals surface area contributed by atoms with Gasteiger partial charge in [0.1, 0.15) is 23.4 Å². The average molecular weight is 564 g/mol. The third-order valence-electron chi connectivity index (χ3n) is 6.55. The molecule has 3 aromatic rings. The molecule has 2 aromatic carbocycles. The second kappa shape index (κ2) is 11.8. The maximum Gasteiger partial charge on any atom is 0.251 e. The molecule has 0 spiro atoms. The number of carbonyl (C=O) groups excluding carboxylic acids is 3. The Balaban J connectivity index is 1.34. The lowest BCUT2D eigenvalue weighted by Crippen LogP contribution is -2.49. The van der Waals surface area contributed by atoms with E-state index in [9.17, 15) is 14.4 Å². The molecule has 4 rings (SSSR count). The minimum Gasteiger partial charge on any atom is -0.457 e. The summed E-state index contributed by atoms with van der Waals surface area (Å²) in [5, 5.41) is 14.9. The van der Waals surface area contributed by atoms with Crippen molar-refractivity contribution >= 4 is 43.0 Å². The van der Waals surface area contributed by atoms with Crippen LogP contribution in [0.5, 0.6) is 11.5 Å². The Kier molecular flexibility index (Phi) is 8.51. The van der Waals surface area contributed by atoms with E-state index in [1.165, 1.54) is 11.3 Å². The monoisotopic (exact) mass is 563 g/mol. The standard InChI is InChI=1S/C28H33N5O4SSi/c1-18-11-19(9-10-24(18)37-21-7-5-4-6-8-21)27(35)32-14-25(34)33-17-39(2,3)16-23(33)28(36)31-13-22-12-20(15-38-22)26(29)30/h4-12,15,23H,13-14,16-17H2,1-3H3,(H3,29,30)(H,31,36)(H,32,35). The van der Waals surface area contributed by atoms with Crippen molar-refractivity contribution < 1.29 is 19.1 Å². The van der Waals surface area contributed by atoms with E-state index in [2.05, 4.69) is 23.7 Å². The summed E-state index contributed by atoms with van der Waals surface area (Å²) in [4.78, 5) is 41.5. The van der Waals surface area contributed by atoms with Gasteiger partial charge >= 0.3 is 0 Å². The molecule has 3 amide bonds. The average Bonchev–Trinajstić information content (AvgIpc) is 3.51. The highest BCUT2D eigenvalue weighted by atomic mass is 32.1. The minimum atomic E-state index is -1.80. The van der Waals surface area contributed by atoms with Crippen molar-refractivity contribution in [3.8, 4) is 11.5 Å². The number of para-hydroxylation sites is 1. The fourth-order valence-electron chi connectivity index (χ4n) is 4.55. The van der Waals surface area contributed by atoms with E-state index in [1.54, 1.807) is 34.5 Å². The largest absolute Gasteiger partial charge is 0.457 e. The lowest BCUT2D eigenvalue weighted by Gasteiger charge is -2.24. The SMILES string of the molecule is Cc1cc(C(=O)NCC(=O)N2C[Si](C)(C)CC2C(=O)NCc2cc(C(=N)N)cs2)ccc1Oc1ccccc1. The topological polar surface area (TPSA) is 138 Å². The van der Waals surface area contributed by atoms with E-state index in [0.717, 1.165) is 10.4 Å². The highest BCUT2D eigenvalue weighted by Crippen LogP contribution is 2.28. The normalized spacial score (nSPS) is 16.0. The van der Waals surface area contributed by atoms with Crippen LogP contribution in [0.4, 0.5) is 0 Å². The van der Waals surface area contributed by atoms with Crippen molar-refractivity contribution in [3.63, 3.8) is 0 Å². The number of hydrogen-bond acceptors (Lipinski definition) is 6. The first-order chi connectivity index (χ1) is 18.5. The lowest BCUT2D eigenvalue weighted by molar-refractivity contribution is -0.137. The van der Waals surface area contributed by atoms with Crippen LogP contribution in [-0.2, 0) is 16.1 Å². The Morgan fingerprint density at radius 1 is 1.10 bits per heavy atom. The molecule has 9 nitrogen and oxygen atoms in total. The number of benzene rings is 2. The van der Waals surface area contributed by atoms with E-state index in [1.807, 2.05) is 37.3 Å². The Bertz CT molecular complexity index is 1390. The third kappa shape index (κ3) is 7.12. The van der Waals surface area contributed by atoms with Crippen LogP contribution >= 0.6 is 11.3 Å². The first-order valence-corrected chi connectivity index (χ1v) is 16.9. The van der Waals surface area contributed by atoms with Crippen molar-refractivity contribution in [2.75, 3.05) is 12.7 Å². The van der Waals surface area contributed by atoms with Crippen LogP contribution in [0.2, 0.25) is 19.1 Å².